The van der Waals surface area contributed by atoms with Gasteiger partial charge in [0.2, 0.25) is 0 Å². The van der Waals surface area contributed by atoms with Crippen LogP contribution in [0.25, 0.3) is 0 Å². The lowest BCUT2D eigenvalue weighted by molar-refractivity contribution is 0.303. The zero-order chi connectivity index (χ0) is 23.2. The second-order valence-corrected chi connectivity index (χ2v) is 8.45. The zero-order valence-electron chi connectivity index (χ0n) is 18.9. The van der Waals surface area contributed by atoms with E-state index in [1.165, 1.54) is 12.3 Å². The van der Waals surface area contributed by atoms with Gasteiger partial charge in [-0.3, -0.25) is 0 Å². The summed E-state index contributed by atoms with van der Waals surface area (Å²) in [5, 5.41) is 3.21. The van der Waals surface area contributed by atoms with E-state index >= 15 is 0 Å². The Morgan fingerprint density at radius 3 is 2.23 bits per heavy atom. The summed E-state index contributed by atoms with van der Waals surface area (Å²) in [6.07, 6.45) is 17.3. The maximum atomic E-state index is 11.6. The van der Waals surface area contributed by atoms with E-state index in [-0.39, 0.29) is 5.75 Å². The largest absolute Gasteiger partial charge is 0.496 e. The fourth-order valence-electron chi connectivity index (χ4n) is 2.42. The van der Waals surface area contributed by atoms with Crippen molar-refractivity contribution in [1.29, 1.82) is 0 Å². The highest BCUT2D eigenvalue weighted by Gasteiger charge is 2.10. The van der Waals surface area contributed by atoms with Crippen molar-refractivity contribution >= 4 is 15.5 Å². The Kier molecular flexibility index (Phi) is 12.8. The number of aliphatic imine (C=N–C) groups is 1. The van der Waals surface area contributed by atoms with Crippen molar-refractivity contribution in [2.45, 2.75) is 27.7 Å². The maximum Gasteiger partial charge on any atom is 0.151 e. The Bertz CT molecular complexity index is 925. The Morgan fingerprint density at radius 1 is 1.13 bits per heavy atom. The molecule has 0 aromatic rings. The summed E-state index contributed by atoms with van der Waals surface area (Å²) in [6, 6.07) is 0. The molecule has 0 aromatic carbocycles. The molecule has 0 unspecified atom stereocenters. The number of rotatable bonds is 12. The van der Waals surface area contributed by atoms with E-state index in [0.717, 1.165) is 11.3 Å². The SMILES string of the molecule is C=C\C=C(/N=C(C)/C(=C/C=C/C)C(=C\C)/OC)NC(/C=C(\C=C)CS(C)(=O)=O)=C/C. The van der Waals surface area contributed by atoms with Gasteiger partial charge in [-0.1, -0.05) is 43.5 Å². The third kappa shape index (κ3) is 10.6. The van der Waals surface area contributed by atoms with Gasteiger partial charge in [0.15, 0.2) is 9.84 Å². The van der Waals surface area contributed by atoms with Crippen LogP contribution in [0.2, 0.25) is 0 Å². The third-order valence-corrected chi connectivity index (χ3v) is 4.63. The molecule has 0 rings (SSSR count). The van der Waals surface area contributed by atoms with Gasteiger partial charge in [0.25, 0.3) is 0 Å². The van der Waals surface area contributed by atoms with Gasteiger partial charge in [-0.2, -0.15) is 0 Å². The molecule has 0 spiro atoms. The van der Waals surface area contributed by atoms with Crippen LogP contribution < -0.4 is 5.32 Å². The third-order valence-electron chi connectivity index (χ3n) is 3.77. The molecule has 1 N–H and O–H groups in total. The fourth-order valence-corrected chi connectivity index (χ4v) is 3.22. The number of nitrogens with zero attached hydrogens (tertiary/aromatic N) is 1. The van der Waals surface area contributed by atoms with Crippen LogP contribution >= 0.6 is 0 Å². The van der Waals surface area contributed by atoms with Crippen molar-refractivity contribution in [3.05, 3.63) is 96.3 Å². The van der Waals surface area contributed by atoms with Crippen LogP contribution in [0.15, 0.2) is 101 Å². The Labute approximate surface area is 182 Å². The molecular weight excluding hydrogens is 396 g/mol. The monoisotopic (exact) mass is 430 g/mol. The highest BCUT2D eigenvalue weighted by atomic mass is 32.2. The van der Waals surface area contributed by atoms with Crippen molar-refractivity contribution < 1.29 is 13.2 Å². The summed E-state index contributed by atoms with van der Waals surface area (Å²) < 4.78 is 28.7. The second kappa shape index (κ2) is 14.2. The number of methoxy groups -OCH3 is 1. The molecule has 0 heterocycles. The first kappa shape index (κ1) is 27.1. The van der Waals surface area contributed by atoms with E-state index in [2.05, 4.69) is 23.5 Å². The maximum absolute atomic E-state index is 11.6. The minimum absolute atomic E-state index is 0.0902. The quantitative estimate of drug-likeness (QED) is 0.263. The van der Waals surface area contributed by atoms with Crippen LogP contribution in [-0.4, -0.2) is 33.2 Å². The molecule has 164 valence electrons. The summed E-state index contributed by atoms with van der Waals surface area (Å²) in [5.74, 6) is 1.17. The molecule has 30 heavy (non-hydrogen) atoms. The Hall–Kier alpha value is -2.86. The van der Waals surface area contributed by atoms with Gasteiger partial charge in [0, 0.05) is 17.5 Å². The first-order valence-electron chi connectivity index (χ1n) is 9.51. The average molecular weight is 431 g/mol. The van der Waals surface area contributed by atoms with Gasteiger partial charge in [0.05, 0.1) is 18.6 Å². The van der Waals surface area contributed by atoms with Crippen LogP contribution in [0.1, 0.15) is 27.7 Å². The van der Waals surface area contributed by atoms with Crippen molar-refractivity contribution in [3.8, 4) is 0 Å². The highest BCUT2D eigenvalue weighted by Crippen LogP contribution is 2.15. The van der Waals surface area contributed by atoms with E-state index in [4.69, 9.17) is 4.74 Å². The summed E-state index contributed by atoms with van der Waals surface area (Å²) in [5.41, 5.74) is 2.86. The number of nitrogens with one attached hydrogen (secondary N) is 1. The topological polar surface area (TPSA) is 67.8 Å². The average Bonchev–Trinajstić information content (AvgIpc) is 2.68. The molecule has 0 radical (unpaired) electrons. The normalized spacial score (nSPS) is 15.4. The molecule has 5 nitrogen and oxygen atoms in total. The number of hydrogen-bond donors (Lipinski definition) is 1. The lowest BCUT2D eigenvalue weighted by Crippen LogP contribution is -2.14. The molecule has 0 aliphatic rings. The number of allylic oxidation sites excluding steroid dienone is 10. The molecular formula is C24H34N2O3S. The minimum Gasteiger partial charge on any atom is -0.496 e. The van der Waals surface area contributed by atoms with E-state index in [1.807, 2.05) is 58.1 Å². The van der Waals surface area contributed by atoms with Crippen LogP contribution in [0.5, 0.6) is 0 Å². The predicted molar refractivity (Wildman–Crippen MR) is 130 cm³/mol. The van der Waals surface area contributed by atoms with Crippen molar-refractivity contribution in [1.82, 2.24) is 5.32 Å². The lowest BCUT2D eigenvalue weighted by Gasteiger charge is -2.13. The Morgan fingerprint density at radius 2 is 1.80 bits per heavy atom. The molecule has 0 fully saturated rings. The van der Waals surface area contributed by atoms with Crippen LogP contribution in [0, 0.1) is 0 Å². The van der Waals surface area contributed by atoms with E-state index < -0.39 is 9.84 Å². The predicted octanol–water partition coefficient (Wildman–Crippen LogP) is 5.18. The number of hydrogen-bond acceptors (Lipinski definition) is 5. The van der Waals surface area contributed by atoms with Gasteiger partial charge >= 0.3 is 0 Å². The smallest absolute Gasteiger partial charge is 0.151 e. The zero-order valence-corrected chi connectivity index (χ0v) is 19.7. The van der Waals surface area contributed by atoms with Gasteiger partial charge in [-0.15, -0.1) is 0 Å². The number of ether oxygens (including phenoxy) is 1. The first-order valence-corrected chi connectivity index (χ1v) is 11.6. The van der Waals surface area contributed by atoms with Crippen LogP contribution in [-0.2, 0) is 14.6 Å². The van der Waals surface area contributed by atoms with E-state index in [1.54, 1.807) is 25.3 Å². The molecule has 0 aliphatic carbocycles. The van der Waals surface area contributed by atoms with Gasteiger partial charge < -0.3 is 10.1 Å². The minimum atomic E-state index is -3.17. The summed E-state index contributed by atoms with van der Waals surface area (Å²) in [6.45, 7) is 15.0. The van der Waals surface area contributed by atoms with Crippen molar-refractivity contribution in [3.63, 3.8) is 0 Å². The van der Waals surface area contributed by atoms with Gasteiger partial charge in [-0.05, 0) is 57.6 Å². The van der Waals surface area contributed by atoms with E-state index in [0.29, 0.717) is 22.9 Å². The fraction of sp³-hybridized carbons (Fsp3) is 0.292. The first-order chi connectivity index (χ1) is 14.1. The highest BCUT2D eigenvalue weighted by molar-refractivity contribution is 7.90. The number of sulfone groups is 1. The Balaban J connectivity index is 6.07. The summed E-state index contributed by atoms with van der Waals surface area (Å²) in [7, 11) is -1.55. The van der Waals surface area contributed by atoms with Gasteiger partial charge in [-0.25, -0.2) is 13.4 Å². The molecule has 0 atom stereocenters. The summed E-state index contributed by atoms with van der Waals surface area (Å²) >= 11 is 0. The van der Waals surface area contributed by atoms with Crippen molar-refractivity contribution in [2.75, 3.05) is 19.1 Å². The molecule has 0 aromatic heterocycles. The molecule has 0 aliphatic heterocycles. The molecule has 6 heteroatoms. The summed E-state index contributed by atoms with van der Waals surface area (Å²) in [4.78, 5) is 4.69. The standard InChI is InChI=1S/C24H34N2O3S/c1-9-14-16-22(23(13-5)29-7)19(6)25-24(15-10-2)26-21(12-4)17-20(11-3)18-30(8,27)28/h9-17,26H,2-3,18H2,1,4-8H3/b14-9+,20-17+,21-12+,22-16-,23-13+,24-15+,25-19+. The van der Waals surface area contributed by atoms with Crippen molar-refractivity contribution in [2.24, 2.45) is 4.99 Å². The van der Waals surface area contributed by atoms with Crippen LogP contribution in [0.4, 0.5) is 0 Å². The van der Waals surface area contributed by atoms with E-state index in [9.17, 15) is 8.42 Å². The molecule has 0 saturated heterocycles. The molecule has 0 amide bonds. The lowest BCUT2D eigenvalue weighted by atomic mass is 10.1. The van der Waals surface area contributed by atoms with Gasteiger partial charge in [0.1, 0.15) is 11.6 Å². The van der Waals surface area contributed by atoms with Crippen LogP contribution in [0.3, 0.4) is 0 Å². The molecule has 0 saturated carbocycles. The second-order valence-electron chi connectivity index (χ2n) is 6.31. The molecule has 0 bridgehead atoms.